The van der Waals surface area contributed by atoms with E-state index in [0.717, 1.165) is 21.5 Å². The first-order valence-electron chi connectivity index (χ1n) is 6.45. The van der Waals surface area contributed by atoms with Gasteiger partial charge in [-0.15, -0.1) is 0 Å². The first-order valence-corrected chi connectivity index (χ1v) is 7.26. The molecule has 0 amide bonds. The minimum atomic E-state index is -0.179. The summed E-state index contributed by atoms with van der Waals surface area (Å²) in [5, 5.41) is 5.11. The monoisotopic (exact) mass is 286 g/mol. The van der Waals surface area contributed by atoms with Crippen LogP contribution in [0.5, 0.6) is 0 Å². The minimum Gasteiger partial charge on any atom is -0.349 e. The van der Waals surface area contributed by atoms with Gasteiger partial charge in [0.25, 0.3) is 0 Å². The maximum atomic E-state index is 14.1. The van der Waals surface area contributed by atoms with Crippen molar-refractivity contribution in [3.05, 3.63) is 59.9 Å². The first kappa shape index (κ1) is 13.2. The second-order valence-corrected chi connectivity index (χ2v) is 5.70. The molecule has 4 heteroatoms. The van der Waals surface area contributed by atoms with Gasteiger partial charge in [-0.25, -0.2) is 4.39 Å². The van der Waals surface area contributed by atoms with Crippen LogP contribution in [-0.2, 0) is 6.54 Å². The van der Waals surface area contributed by atoms with Crippen molar-refractivity contribution >= 4 is 22.7 Å². The summed E-state index contributed by atoms with van der Waals surface area (Å²) in [6.07, 6.45) is 0. The van der Waals surface area contributed by atoms with E-state index in [1.807, 2.05) is 49.5 Å². The standard InChI is InChI=1S/C16H15FN2S/c1-18-10-11-6-7-15(13(17)8-11)20-16-9-12-4-2-3-5-14(12)19-16/h2-9,18-19H,10H2,1H3. The fraction of sp³-hybridized carbons (Fsp3) is 0.125. The number of rotatable bonds is 4. The number of halogens is 1. The van der Waals surface area contributed by atoms with Gasteiger partial charge in [0.15, 0.2) is 0 Å². The number of aromatic nitrogens is 1. The highest BCUT2D eigenvalue weighted by atomic mass is 32.2. The Morgan fingerprint density at radius 1 is 1.15 bits per heavy atom. The molecular formula is C16H15FN2S. The fourth-order valence-corrected chi connectivity index (χ4v) is 3.04. The summed E-state index contributed by atoms with van der Waals surface area (Å²) in [4.78, 5) is 3.93. The molecule has 20 heavy (non-hydrogen) atoms. The molecule has 2 nitrogen and oxygen atoms in total. The SMILES string of the molecule is CNCc1ccc(Sc2cc3ccccc3[nH]2)c(F)c1. The molecular weight excluding hydrogens is 271 g/mol. The van der Waals surface area contributed by atoms with Crippen molar-refractivity contribution in [2.45, 2.75) is 16.5 Å². The molecule has 0 saturated carbocycles. The van der Waals surface area contributed by atoms with Crippen molar-refractivity contribution in [1.29, 1.82) is 0 Å². The molecule has 102 valence electrons. The fourth-order valence-electron chi connectivity index (χ4n) is 2.16. The van der Waals surface area contributed by atoms with Crippen LogP contribution in [-0.4, -0.2) is 12.0 Å². The summed E-state index contributed by atoms with van der Waals surface area (Å²) in [5.74, 6) is -0.179. The van der Waals surface area contributed by atoms with Gasteiger partial charge >= 0.3 is 0 Å². The van der Waals surface area contributed by atoms with Crippen LogP contribution in [0.25, 0.3) is 10.9 Å². The molecule has 2 N–H and O–H groups in total. The van der Waals surface area contributed by atoms with E-state index in [2.05, 4.69) is 10.3 Å². The van der Waals surface area contributed by atoms with Crippen LogP contribution in [0.15, 0.2) is 58.5 Å². The Balaban J connectivity index is 1.86. The van der Waals surface area contributed by atoms with Gasteiger partial charge in [-0.1, -0.05) is 36.0 Å². The Bertz CT molecular complexity index is 703. The number of hydrogen-bond donors (Lipinski definition) is 2. The normalized spacial score (nSPS) is 11.1. The number of nitrogens with one attached hydrogen (secondary N) is 2. The zero-order valence-corrected chi connectivity index (χ0v) is 11.9. The van der Waals surface area contributed by atoms with Crippen molar-refractivity contribution in [2.75, 3.05) is 7.05 Å². The Kier molecular flexibility index (Phi) is 3.76. The van der Waals surface area contributed by atoms with Crippen molar-refractivity contribution in [3.8, 4) is 0 Å². The molecule has 1 heterocycles. The highest BCUT2D eigenvalue weighted by Crippen LogP contribution is 2.31. The molecule has 0 radical (unpaired) electrons. The lowest BCUT2D eigenvalue weighted by molar-refractivity contribution is 0.598. The summed E-state index contributed by atoms with van der Waals surface area (Å²) >= 11 is 1.42. The Morgan fingerprint density at radius 2 is 2.00 bits per heavy atom. The zero-order chi connectivity index (χ0) is 13.9. The number of H-pyrrole nitrogens is 1. The molecule has 0 aliphatic carbocycles. The number of aromatic amines is 1. The second kappa shape index (κ2) is 5.69. The van der Waals surface area contributed by atoms with Gasteiger partial charge in [-0.2, -0.15) is 0 Å². The third kappa shape index (κ3) is 2.71. The van der Waals surface area contributed by atoms with Crippen molar-refractivity contribution < 1.29 is 4.39 Å². The molecule has 1 aromatic heterocycles. The summed E-state index contributed by atoms with van der Waals surface area (Å²) in [6, 6.07) is 15.5. The maximum Gasteiger partial charge on any atom is 0.137 e. The molecule has 0 aliphatic heterocycles. The van der Waals surface area contributed by atoms with Gasteiger partial charge in [0.1, 0.15) is 5.82 Å². The van der Waals surface area contributed by atoms with E-state index in [0.29, 0.717) is 11.4 Å². The van der Waals surface area contributed by atoms with Gasteiger partial charge < -0.3 is 10.3 Å². The molecule has 0 aliphatic rings. The lowest BCUT2D eigenvalue weighted by Crippen LogP contribution is -2.05. The van der Waals surface area contributed by atoms with Crippen LogP contribution in [0.1, 0.15) is 5.56 Å². The van der Waals surface area contributed by atoms with E-state index in [9.17, 15) is 4.39 Å². The molecule has 0 bridgehead atoms. The Labute approximate surface area is 121 Å². The van der Waals surface area contributed by atoms with Gasteiger partial charge in [-0.05, 0) is 36.9 Å². The first-order chi connectivity index (χ1) is 9.76. The van der Waals surface area contributed by atoms with E-state index >= 15 is 0 Å². The summed E-state index contributed by atoms with van der Waals surface area (Å²) in [5.41, 5.74) is 2.02. The summed E-state index contributed by atoms with van der Waals surface area (Å²) in [7, 11) is 1.85. The summed E-state index contributed by atoms with van der Waals surface area (Å²) in [6.45, 7) is 0.675. The van der Waals surface area contributed by atoms with Gasteiger partial charge in [0.05, 0.1) is 5.03 Å². The minimum absolute atomic E-state index is 0.179. The molecule has 0 unspecified atom stereocenters. The van der Waals surface area contributed by atoms with Gasteiger partial charge in [0.2, 0.25) is 0 Å². The lowest BCUT2D eigenvalue weighted by atomic mass is 10.2. The molecule has 0 spiro atoms. The number of fused-ring (bicyclic) bond motifs is 1. The van der Waals surface area contributed by atoms with Crippen molar-refractivity contribution in [2.24, 2.45) is 0 Å². The Hall–Kier alpha value is -1.78. The predicted molar refractivity (Wildman–Crippen MR) is 81.6 cm³/mol. The van der Waals surface area contributed by atoms with Crippen LogP contribution < -0.4 is 5.32 Å². The average Bonchev–Trinajstić information content (AvgIpc) is 2.84. The lowest BCUT2D eigenvalue weighted by Gasteiger charge is -2.04. The van der Waals surface area contributed by atoms with Crippen LogP contribution in [0, 0.1) is 5.82 Å². The third-order valence-corrected chi connectivity index (χ3v) is 4.09. The molecule has 0 atom stereocenters. The molecule has 3 aromatic rings. The van der Waals surface area contributed by atoms with Gasteiger partial charge in [-0.3, -0.25) is 0 Å². The second-order valence-electron chi connectivity index (χ2n) is 4.62. The summed E-state index contributed by atoms with van der Waals surface area (Å²) < 4.78 is 14.1. The average molecular weight is 286 g/mol. The molecule has 0 saturated heterocycles. The molecule has 3 rings (SSSR count). The largest absolute Gasteiger partial charge is 0.349 e. The van der Waals surface area contributed by atoms with E-state index in [4.69, 9.17) is 0 Å². The van der Waals surface area contributed by atoms with E-state index in [-0.39, 0.29) is 5.82 Å². The van der Waals surface area contributed by atoms with E-state index < -0.39 is 0 Å². The maximum absolute atomic E-state index is 14.1. The highest BCUT2D eigenvalue weighted by molar-refractivity contribution is 7.99. The molecule has 2 aromatic carbocycles. The van der Waals surface area contributed by atoms with Crippen LogP contribution in [0.4, 0.5) is 4.39 Å². The van der Waals surface area contributed by atoms with Crippen LogP contribution in [0.2, 0.25) is 0 Å². The third-order valence-electron chi connectivity index (χ3n) is 3.10. The topological polar surface area (TPSA) is 27.8 Å². The zero-order valence-electron chi connectivity index (χ0n) is 11.1. The highest BCUT2D eigenvalue weighted by Gasteiger charge is 2.07. The number of hydrogen-bond acceptors (Lipinski definition) is 2. The van der Waals surface area contributed by atoms with Crippen molar-refractivity contribution in [3.63, 3.8) is 0 Å². The molecule has 0 fully saturated rings. The van der Waals surface area contributed by atoms with Crippen LogP contribution in [0.3, 0.4) is 0 Å². The number of benzene rings is 2. The van der Waals surface area contributed by atoms with E-state index in [1.54, 1.807) is 6.07 Å². The van der Waals surface area contributed by atoms with Crippen molar-refractivity contribution in [1.82, 2.24) is 10.3 Å². The van der Waals surface area contributed by atoms with Crippen LogP contribution >= 0.6 is 11.8 Å². The predicted octanol–water partition coefficient (Wildman–Crippen LogP) is 4.18. The quantitative estimate of drug-likeness (QED) is 0.753. The smallest absolute Gasteiger partial charge is 0.137 e. The Morgan fingerprint density at radius 3 is 2.75 bits per heavy atom. The number of para-hydroxylation sites is 1. The van der Waals surface area contributed by atoms with Gasteiger partial charge in [0, 0.05) is 22.3 Å². The van der Waals surface area contributed by atoms with E-state index in [1.165, 1.54) is 11.8 Å².